The van der Waals surface area contributed by atoms with Crippen LogP contribution in [0.5, 0.6) is 0 Å². The first-order valence-corrected chi connectivity index (χ1v) is 8.84. The lowest BCUT2D eigenvalue weighted by molar-refractivity contribution is 0.0520. The van der Waals surface area contributed by atoms with E-state index in [9.17, 15) is 0 Å². The minimum Gasteiger partial charge on any atom is -0.0820 e. The van der Waals surface area contributed by atoms with Crippen molar-refractivity contribution in [2.24, 2.45) is 11.3 Å². The number of hydrogen-bond acceptors (Lipinski definition) is 0. The Morgan fingerprint density at radius 2 is 1.89 bits per heavy atom. The summed E-state index contributed by atoms with van der Waals surface area (Å²) in [6.07, 6.45) is 5.39. The second-order valence-electron chi connectivity index (χ2n) is 7.50. The fraction of sp³-hybridized carbons (Fsp3) is 0.667. The summed E-state index contributed by atoms with van der Waals surface area (Å²) in [7, 11) is 0. The average Bonchev–Trinajstić information content (AvgIpc) is 2.34. The van der Waals surface area contributed by atoms with Gasteiger partial charge in [-0.3, -0.25) is 0 Å². The molecule has 0 bridgehead atoms. The van der Waals surface area contributed by atoms with E-state index in [2.05, 4.69) is 68.5 Å². The lowest BCUT2D eigenvalue weighted by Gasteiger charge is -2.56. The molecule has 2 aliphatic rings. The number of rotatable bonds is 0. The molecule has 0 aromatic heterocycles. The summed E-state index contributed by atoms with van der Waals surface area (Å²) in [5.74, 6) is 0.839. The molecule has 1 heteroatoms. The van der Waals surface area contributed by atoms with E-state index in [-0.39, 0.29) is 0 Å². The molecule has 19 heavy (non-hydrogen) atoms. The maximum atomic E-state index is 2.70. The van der Waals surface area contributed by atoms with E-state index in [4.69, 9.17) is 0 Å². The predicted molar refractivity (Wildman–Crippen MR) is 91.2 cm³/mol. The summed E-state index contributed by atoms with van der Waals surface area (Å²) in [5, 5.41) is 0. The van der Waals surface area contributed by atoms with Crippen LogP contribution in [0, 0.1) is 18.3 Å². The number of hydrogen-bond donors (Lipinski definition) is 0. The summed E-state index contributed by atoms with van der Waals surface area (Å²) in [4.78, 5) is 0. The van der Waals surface area contributed by atoms with Crippen LogP contribution in [0.2, 0.25) is 0 Å². The molecule has 3 rings (SSSR count). The van der Waals surface area contributed by atoms with Crippen molar-refractivity contribution in [2.45, 2.75) is 62.7 Å². The highest BCUT2D eigenvalue weighted by molar-refractivity contribution is 14.1. The average molecular weight is 368 g/mol. The van der Waals surface area contributed by atoms with Crippen LogP contribution in [0.25, 0.3) is 0 Å². The molecule has 104 valence electrons. The van der Waals surface area contributed by atoms with Crippen molar-refractivity contribution in [2.75, 3.05) is 0 Å². The Kier molecular flexibility index (Phi) is 3.28. The highest BCUT2D eigenvalue weighted by Gasteiger charge is 2.52. The molecule has 1 fully saturated rings. The Morgan fingerprint density at radius 1 is 1.16 bits per heavy atom. The van der Waals surface area contributed by atoms with Crippen molar-refractivity contribution in [1.82, 2.24) is 0 Å². The van der Waals surface area contributed by atoms with Gasteiger partial charge in [0.05, 0.1) is 0 Å². The highest BCUT2D eigenvalue weighted by atomic mass is 127. The van der Waals surface area contributed by atoms with Gasteiger partial charge in [-0.2, -0.15) is 0 Å². The molecule has 2 aliphatic carbocycles. The van der Waals surface area contributed by atoms with Gasteiger partial charge in [0.2, 0.25) is 0 Å². The lowest BCUT2D eigenvalue weighted by atomic mass is 9.50. The summed E-state index contributed by atoms with van der Waals surface area (Å²) < 4.78 is 0.829. The topological polar surface area (TPSA) is 0 Å². The monoisotopic (exact) mass is 368 g/mol. The Labute approximate surface area is 131 Å². The van der Waals surface area contributed by atoms with Gasteiger partial charge in [-0.25, -0.2) is 0 Å². The third-order valence-electron chi connectivity index (χ3n) is 5.97. The molecule has 0 N–H and O–H groups in total. The molecular formula is C18H25I. The molecule has 0 nitrogen and oxygen atoms in total. The van der Waals surface area contributed by atoms with Gasteiger partial charge >= 0.3 is 0 Å². The van der Waals surface area contributed by atoms with Crippen molar-refractivity contribution in [3.63, 3.8) is 0 Å². The SMILES string of the molecule is Cc1ccc2c(c1)CC[C@H]1C(C)(C)[C@@H](I)CC[C@]21C. The second-order valence-corrected chi connectivity index (χ2v) is 9.00. The third-order valence-corrected chi connectivity index (χ3v) is 8.20. The summed E-state index contributed by atoms with van der Waals surface area (Å²) in [6.45, 7) is 9.77. The highest BCUT2D eigenvalue weighted by Crippen LogP contribution is 2.58. The zero-order chi connectivity index (χ0) is 13.8. The van der Waals surface area contributed by atoms with Gasteiger partial charge in [0, 0.05) is 3.92 Å². The van der Waals surface area contributed by atoms with Crippen molar-refractivity contribution in [3.8, 4) is 0 Å². The Balaban J connectivity index is 2.10. The van der Waals surface area contributed by atoms with Crippen molar-refractivity contribution in [3.05, 3.63) is 34.9 Å². The van der Waals surface area contributed by atoms with Crippen LogP contribution in [-0.4, -0.2) is 3.92 Å². The largest absolute Gasteiger partial charge is 0.0820 e. The van der Waals surface area contributed by atoms with Crippen molar-refractivity contribution in [1.29, 1.82) is 0 Å². The van der Waals surface area contributed by atoms with Gasteiger partial charge in [-0.15, -0.1) is 0 Å². The van der Waals surface area contributed by atoms with E-state index in [1.54, 1.807) is 11.1 Å². The third kappa shape index (κ3) is 1.99. The van der Waals surface area contributed by atoms with Crippen molar-refractivity contribution >= 4 is 22.6 Å². The number of benzene rings is 1. The summed E-state index contributed by atoms with van der Waals surface area (Å²) in [6, 6.07) is 7.18. The molecule has 0 aliphatic heterocycles. The molecule has 0 heterocycles. The lowest BCUT2D eigenvalue weighted by Crippen LogP contribution is -2.52. The van der Waals surface area contributed by atoms with E-state index in [1.807, 2.05) is 0 Å². The predicted octanol–water partition coefficient (Wildman–Crippen LogP) is 5.44. The van der Waals surface area contributed by atoms with E-state index < -0.39 is 0 Å². The van der Waals surface area contributed by atoms with Crippen LogP contribution >= 0.6 is 22.6 Å². The maximum absolute atomic E-state index is 2.70. The number of aryl methyl sites for hydroxylation is 2. The van der Waals surface area contributed by atoms with Gasteiger partial charge in [0.25, 0.3) is 0 Å². The molecule has 0 unspecified atom stereocenters. The van der Waals surface area contributed by atoms with E-state index in [0.29, 0.717) is 10.8 Å². The standard InChI is InChI=1S/C18H25I/c1-12-5-7-14-13(11-12)6-8-15-17(2,3)16(19)9-10-18(14,15)4/h5,7,11,15-16H,6,8-10H2,1-4H3/t15-,16-,18+/m0/s1. The Bertz CT molecular complexity index is 502. The van der Waals surface area contributed by atoms with Crippen LogP contribution < -0.4 is 0 Å². The molecule has 0 spiro atoms. The van der Waals surface area contributed by atoms with Crippen molar-refractivity contribution < 1.29 is 0 Å². The molecule has 0 radical (unpaired) electrons. The second kappa shape index (κ2) is 4.47. The molecule has 1 aromatic carbocycles. The fourth-order valence-corrected chi connectivity index (χ4v) is 5.56. The normalized spacial score (nSPS) is 36.5. The molecule has 3 atom stereocenters. The van der Waals surface area contributed by atoms with E-state index in [1.165, 1.54) is 31.2 Å². The van der Waals surface area contributed by atoms with E-state index in [0.717, 1.165) is 9.84 Å². The zero-order valence-corrected chi connectivity index (χ0v) is 14.8. The van der Waals surface area contributed by atoms with Crippen LogP contribution in [0.15, 0.2) is 18.2 Å². The number of alkyl halides is 1. The molecular weight excluding hydrogens is 343 g/mol. The van der Waals surface area contributed by atoms with Gasteiger partial charge in [-0.1, -0.05) is 67.1 Å². The minimum absolute atomic E-state index is 0.409. The van der Waals surface area contributed by atoms with Gasteiger partial charge in [-0.05, 0) is 60.5 Å². The summed E-state index contributed by atoms with van der Waals surface area (Å²) in [5.41, 5.74) is 5.58. The first-order valence-electron chi connectivity index (χ1n) is 7.60. The maximum Gasteiger partial charge on any atom is 0.0164 e. The Morgan fingerprint density at radius 3 is 2.63 bits per heavy atom. The van der Waals surface area contributed by atoms with Crippen LogP contribution in [0.1, 0.15) is 56.7 Å². The minimum atomic E-state index is 0.409. The quantitative estimate of drug-likeness (QED) is 0.423. The smallest absolute Gasteiger partial charge is 0.0164 e. The fourth-order valence-electron chi connectivity index (χ4n) is 4.81. The first-order chi connectivity index (χ1) is 8.85. The molecule has 1 aromatic rings. The van der Waals surface area contributed by atoms with Crippen LogP contribution in [0.4, 0.5) is 0 Å². The zero-order valence-electron chi connectivity index (χ0n) is 12.6. The summed E-state index contributed by atoms with van der Waals surface area (Å²) >= 11 is 2.70. The van der Waals surface area contributed by atoms with Crippen LogP contribution in [-0.2, 0) is 11.8 Å². The van der Waals surface area contributed by atoms with Gasteiger partial charge in [0.15, 0.2) is 0 Å². The number of halogens is 1. The Hall–Kier alpha value is -0.0500. The van der Waals surface area contributed by atoms with E-state index >= 15 is 0 Å². The first kappa shape index (κ1) is 13.9. The van der Waals surface area contributed by atoms with Crippen LogP contribution in [0.3, 0.4) is 0 Å². The number of fused-ring (bicyclic) bond motifs is 3. The molecule has 0 saturated heterocycles. The van der Waals surface area contributed by atoms with Gasteiger partial charge in [0.1, 0.15) is 0 Å². The molecule has 0 amide bonds. The van der Waals surface area contributed by atoms with Gasteiger partial charge < -0.3 is 0 Å². The molecule has 1 saturated carbocycles.